The van der Waals surface area contributed by atoms with Gasteiger partial charge in [0.25, 0.3) is 0 Å². The van der Waals surface area contributed by atoms with Crippen LogP contribution in [0.3, 0.4) is 0 Å². The van der Waals surface area contributed by atoms with Crippen molar-refractivity contribution >= 4 is 11.8 Å². The second-order valence-electron chi connectivity index (χ2n) is 8.35. The van der Waals surface area contributed by atoms with Crippen LogP contribution in [0.25, 0.3) is 0 Å². The zero-order chi connectivity index (χ0) is 24.9. The maximum atomic E-state index is 13.2. The molecule has 0 saturated carbocycles. The Hall–Kier alpha value is -3.22. The van der Waals surface area contributed by atoms with Crippen molar-refractivity contribution in [2.24, 2.45) is 0 Å². The number of fused-ring (bicyclic) bond motifs is 2. The number of phenols is 3. The lowest BCUT2D eigenvalue weighted by Gasteiger charge is -2.45. The van der Waals surface area contributed by atoms with E-state index in [1.807, 2.05) is 0 Å². The van der Waals surface area contributed by atoms with Gasteiger partial charge in [-0.2, -0.15) is 0 Å². The normalized spacial score (nSPS) is 28.2. The highest BCUT2D eigenvalue weighted by molar-refractivity contribution is 6.16. The van der Waals surface area contributed by atoms with Crippen LogP contribution in [-0.4, -0.2) is 84.6 Å². The van der Waals surface area contributed by atoms with Gasteiger partial charge >= 0.3 is 5.97 Å². The predicted octanol–water partition coefficient (Wildman–Crippen LogP) is -0.615. The van der Waals surface area contributed by atoms with Gasteiger partial charge < -0.3 is 45.2 Å². The summed E-state index contributed by atoms with van der Waals surface area (Å²) in [7, 11) is 0. The van der Waals surface area contributed by atoms with Crippen molar-refractivity contribution in [1.82, 2.24) is 0 Å². The van der Waals surface area contributed by atoms with Crippen LogP contribution in [0.4, 0.5) is 0 Å². The van der Waals surface area contributed by atoms with Gasteiger partial charge in [0, 0.05) is 18.4 Å². The highest BCUT2D eigenvalue weighted by Gasteiger charge is 2.51. The maximum absolute atomic E-state index is 13.2. The Morgan fingerprint density at radius 2 is 1.65 bits per heavy atom. The van der Waals surface area contributed by atoms with E-state index in [4.69, 9.17) is 9.47 Å². The van der Waals surface area contributed by atoms with Crippen molar-refractivity contribution in [2.75, 3.05) is 6.61 Å². The fraction of sp³-hybridized carbons (Fsp3) is 0.391. The van der Waals surface area contributed by atoms with E-state index in [9.17, 15) is 45.3 Å². The zero-order valence-corrected chi connectivity index (χ0v) is 18.0. The summed E-state index contributed by atoms with van der Waals surface area (Å²) in [6.07, 6.45) is -7.89. The van der Waals surface area contributed by atoms with Crippen LogP contribution in [0.2, 0.25) is 0 Å². The van der Waals surface area contributed by atoms with Gasteiger partial charge in [0.2, 0.25) is 5.78 Å². The van der Waals surface area contributed by atoms with Crippen LogP contribution in [-0.2, 0) is 20.9 Å². The van der Waals surface area contributed by atoms with Crippen molar-refractivity contribution in [2.45, 2.75) is 50.0 Å². The van der Waals surface area contributed by atoms with E-state index in [0.717, 1.165) is 19.1 Å². The molecule has 6 atom stereocenters. The van der Waals surface area contributed by atoms with Crippen LogP contribution in [0.15, 0.2) is 24.3 Å². The average molecular weight is 476 g/mol. The Bertz CT molecular complexity index is 1140. The number of hydrogen-bond donors (Lipinski definition) is 7. The van der Waals surface area contributed by atoms with Gasteiger partial charge in [0.15, 0.2) is 0 Å². The Morgan fingerprint density at radius 3 is 2.29 bits per heavy atom. The summed E-state index contributed by atoms with van der Waals surface area (Å²) in [4.78, 5) is 24.5. The number of rotatable bonds is 4. The molecule has 182 valence electrons. The molecule has 1 heterocycles. The number of hydrogen-bond acceptors (Lipinski definition) is 11. The summed E-state index contributed by atoms with van der Waals surface area (Å²) >= 11 is 0. The summed E-state index contributed by atoms with van der Waals surface area (Å²) in [5.41, 5.74) is -0.451. The molecule has 0 spiro atoms. The predicted molar refractivity (Wildman–Crippen MR) is 112 cm³/mol. The first kappa shape index (κ1) is 23.9. The molecule has 0 radical (unpaired) electrons. The van der Waals surface area contributed by atoms with Gasteiger partial charge in [-0.1, -0.05) is 6.07 Å². The van der Waals surface area contributed by atoms with E-state index in [1.54, 1.807) is 0 Å². The van der Waals surface area contributed by atoms with Crippen LogP contribution < -0.4 is 0 Å². The van der Waals surface area contributed by atoms with Crippen molar-refractivity contribution in [1.29, 1.82) is 0 Å². The van der Waals surface area contributed by atoms with E-state index >= 15 is 0 Å². The summed E-state index contributed by atoms with van der Waals surface area (Å²) in [5.74, 6) is -4.16. The van der Waals surface area contributed by atoms with Crippen molar-refractivity contribution in [3.63, 3.8) is 0 Å². The first-order valence-electron chi connectivity index (χ1n) is 10.5. The van der Waals surface area contributed by atoms with Gasteiger partial charge in [-0.25, -0.2) is 0 Å². The summed E-state index contributed by atoms with van der Waals surface area (Å²) in [6, 6.07) is 4.76. The van der Waals surface area contributed by atoms with E-state index < -0.39 is 78.7 Å². The van der Waals surface area contributed by atoms with Gasteiger partial charge in [0.05, 0.1) is 23.8 Å². The number of benzene rings is 2. The number of ketones is 1. The molecule has 2 aromatic carbocycles. The molecule has 1 aliphatic heterocycles. The third kappa shape index (κ3) is 3.77. The smallest absolute Gasteiger partial charge is 0.302 e. The lowest BCUT2D eigenvalue weighted by molar-refractivity contribution is -0.234. The molecule has 4 rings (SSSR count). The minimum absolute atomic E-state index is 0.0568. The first-order chi connectivity index (χ1) is 16.1. The molecule has 1 fully saturated rings. The first-order valence-corrected chi connectivity index (χ1v) is 10.5. The SMILES string of the molecule is CC(=O)OC[C@H]1O[C@@H]([C@@H]2c3cc(CO)cc(O)c3C(=O)c3c(O)ccc(O)c32)[C@H](O)[C@@H](O)[C@H]1O. The number of esters is 1. The highest BCUT2D eigenvalue weighted by Crippen LogP contribution is 2.50. The Kier molecular flexibility index (Phi) is 6.23. The Balaban J connectivity index is 1.93. The second-order valence-corrected chi connectivity index (χ2v) is 8.35. The van der Waals surface area contributed by atoms with Crippen LogP contribution in [0, 0.1) is 0 Å². The molecule has 0 bridgehead atoms. The number of phenolic OH excluding ortho intramolecular Hbond substituents is 3. The zero-order valence-electron chi connectivity index (χ0n) is 18.0. The quantitative estimate of drug-likeness (QED) is 0.220. The standard InChI is InChI=1S/C23H24O11/c1-8(25)33-7-14-19(29)21(31)22(32)23(34-14)16-10-4-9(6-24)5-13(28)15(10)20(30)18-12(27)3-2-11(26)17(16)18/h2-5,14,16,19,21-24,26-29,31-32H,6-7H2,1H3/t14-,16-,19+,21+,22-,23+/m1/s1. The van der Waals surface area contributed by atoms with E-state index in [0.29, 0.717) is 0 Å². The van der Waals surface area contributed by atoms with E-state index in [-0.39, 0.29) is 27.8 Å². The number of carbonyl (C=O) groups is 2. The molecular formula is C23H24O11. The van der Waals surface area contributed by atoms with Crippen molar-refractivity contribution < 1.29 is 54.8 Å². The lowest BCUT2D eigenvalue weighted by Crippen LogP contribution is -2.60. The third-order valence-corrected chi connectivity index (χ3v) is 6.22. The number of carbonyl (C=O) groups excluding carboxylic acids is 2. The highest BCUT2D eigenvalue weighted by atomic mass is 16.6. The fourth-order valence-corrected chi connectivity index (χ4v) is 4.66. The minimum atomic E-state index is -1.77. The summed E-state index contributed by atoms with van der Waals surface area (Å²) in [5, 5.41) is 73.0. The molecule has 0 amide bonds. The maximum Gasteiger partial charge on any atom is 0.302 e. The molecule has 2 aliphatic rings. The molecule has 2 aromatic rings. The van der Waals surface area contributed by atoms with E-state index in [2.05, 4.69) is 0 Å². The van der Waals surface area contributed by atoms with Crippen LogP contribution >= 0.6 is 0 Å². The summed E-state index contributed by atoms with van der Waals surface area (Å²) < 4.78 is 10.7. The van der Waals surface area contributed by atoms with Gasteiger partial charge in [-0.3, -0.25) is 9.59 Å². The summed E-state index contributed by atoms with van der Waals surface area (Å²) in [6.45, 7) is 0.165. The number of aromatic hydroxyl groups is 3. The monoisotopic (exact) mass is 476 g/mol. The van der Waals surface area contributed by atoms with Gasteiger partial charge in [0.1, 0.15) is 48.3 Å². The number of ether oxygens (including phenoxy) is 2. The Labute approximate surface area is 193 Å². The largest absolute Gasteiger partial charge is 0.508 e. The van der Waals surface area contributed by atoms with Crippen LogP contribution in [0.5, 0.6) is 17.2 Å². The molecule has 11 nitrogen and oxygen atoms in total. The molecule has 1 saturated heterocycles. The molecule has 7 N–H and O–H groups in total. The molecule has 11 heteroatoms. The topological polar surface area (TPSA) is 194 Å². The molecule has 1 aliphatic carbocycles. The lowest BCUT2D eigenvalue weighted by atomic mass is 9.71. The van der Waals surface area contributed by atoms with Gasteiger partial charge in [-0.15, -0.1) is 0 Å². The van der Waals surface area contributed by atoms with Crippen molar-refractivity contribution in [3.8, 4) is 17.2 Å². The van der Waals surface area contributed by atoms with Crippen LogP contribution in [0.1, 0.15) is 45.5 Å². The molecule has 34 heavy (non-hydrogen) atoms. The molecule has 0 unspecified atom stereocenters. The molecular weight excluding hydrogens is 452 g/mol. The average Bonchev–Trinajstić information content (AvgIpc) is 2.79. The fourth-order valence-electron chi connectivity index (χ4n) is 4.66. The Morgan fingerprint density at radius 1 is 0.971 bits per heavy atom. The van der Waals surface area contributed by atoms with Crippen molar-refractivity contribution in [3.05, 3.63) is 52.1 Å². The number of aliphatic hydroxyl groups is 4. The third-order valence-electron chi connectivity index (χ3n) is 6.22. The van der Waals surface area contributed by atoms with Gasteiger partial charge in [-0.05, 0) is 29.3 Å². The number of aliphatic hydroxyl groups excluding tert-OH is 4. The second kappa shape index (κ2) is 8.85. The minimum Gasteiger partial charge on any atom is -0.508 e. The molecule has 0 aromatic heterocycles. The van der Waals surface area contributed by atoms with E-state index in [1.165, 1.54) is 12.1 Å².